The van der Waals surface area contributed by atoms with Crippen molar-refractivity contribution in [3.8, 4) is 0 Å². The first-order valence-electron chi connectivity index (χ1n) is 5.62. The van der Waals surface area contributed by atoms with Crippen LogP contribution in [0.5, 0.6) is 0 Å². The monoisotopic (exact) mass is 194 g/mol. The number of fused-ring (bicyclic) bond motifs is 1. The summed E-state index contributed by atoms with van der Waals surface area (Å²) in [5.74, 6) is 0.991. The molecule has 0 radical (unpaired) electrons. The van der Waals surface area contributed by atoms with Crippen molar-refractivity contribution in [3.05, 3.63) is 12.3 Å². The van der Waals surface area contributed by atoms with E-state index in [0.29, 0.717) is 18.3 Å². The molecule has 0 heterocycles. The van der Waals surface area contributed by atoms with Gasteiger partial charge in [0, 0.05) is 11.5 Å². The van der Waals surface area contributed by atoms with Crippen molar-refractivity contribution in [3.63, 3.8) is 0 Å². The molecular weight excluding hydrogens is 176 g/mol. The maximum atomic E-state index is 11.9. The highest BCUT2D eigenvalue weighted by molar-refractivity contribution is 5.97. The average Bonchev–Trinajstić information content (AvgIpc) is 2.93. The van der Waals surface area contributed by atoms with Crippen molar-refractivity contribution in [1.82, 2.24) is 0 Å². The molecule has 0 aromatic carbocycles. The topological polar surface area (TPSA) is 26.3 Å². The van der Waals surface area contributed by atoms with Crippen LogP contribution in [-0.4, -0.2) is 12.4 Å². The molecule has 0 amide bonds. The second-order valence-corrected chi connectivity index (χ2v) is 4.43. The lowest BCUT2D eigenvalue weighted by atomic mass is 9.85. The second-order valence-electron chi connectivity index (χ2n) is 4.43. The van der Waals surface area contributed by atoms with E-state index in [1.807, 2.05) is 6.92 Å². The van der Waals surface area contributed by atoms with Crippen LogP contribution in [0, 0.1) is 11.3 Å². The lowest BCUT2D eigenvalue weighted by molar-refractivity contribution is -0.120. The Kier molecular flexibility index (Phi) is 2.62. The third-order valence-corrected chi connectivity index (χ3v) is 3.63. The Morgan fingerprint density at radius 2 is 2.43 bits per heavy atom. The fourth-order valence-electron chi connectivity index (χ4n) is 2.69. The minimum absolute atomic E-state index is 0.0475. The lowest BCUT2D eigenvalue weighted by Crippen LogP contribution is -2.19. The van der Waals surface area contributed by atoms with Crippen LogP contribution in [0.1, 0.15) is 39.0 Å². The van der Waals surface area contributed by atoms with Gasteiger partial charge in [-0.25, -0.2) is 0 Å². The highest BCUT2D eigenvalue weighted by Crippen LogP contribution is 2.61. The number of allylic oxidation sites excluding steroid dienone is 1. The highest BCUT2D eigenvalue weighted by atomic mass is 16.5. The quantitative estimate of drug-likeness (QED) is 0.508. The molecule has 14 heavy (non-hydrogen) atoms. The molecule has 78 valence electrons. The van der Waals surface area contributed by atoms with Crippen molar-refractivity contribution in [1.29, 1.82) is 0 Å². The third-order valence-electron chi connectivity index (χ3n) is 3.63. The average molecular weight is 194 g/mol. The summed E-state index contributed by atoms with van der Waals surface area (Å²) in [5.41, 5.74) is 0.0475. The van der Waals surface area contributed by atoms with Crippen LogP contribution < -0.4 is 0 Å². The zero-order valence-corrected chi connectivity index (χ0v) is 8.79. The summed E-state index contributed by atoms with van der Waals surface area (Å²) >= 11 is 0. The Morgan fingerprint density at radius 1 is 1.57 bits per heavy atom. The van der Waals surface area contributed by atoms with Crippen LogP contribution in [0.15, 0.2) is 12.3 Å². The van der Waals surface area contributed by atoms with Gasteiger partial charge < -0.3 is 4.74 Å². The number of ether oxygens (including phenoxy) is 1. The lowest BCUT2D eigenvalue weighted by Gasteiger charge is -2.18. The molecule has 0 spiro atoms. The maximum absolute atomic E-state index is 11.9. The molecule has 2 fully saturated rings. The molecule has 2 heteroatoms. The number of hydrogen-bond donors (Lipinski definition) is 0. The number of ketones is 1. The summed E-state index contributed by atoms with van der Waals surface area (Å²) in [6.45, 7) is 2.56. The van der Waals surface area contributed by atoms with E-state index in [9.17, 15) is 4.79 Å². The highest BCUT2D eigenvalue weighted by Gasteiger charge is 2.58. The van der Waals surface area contributed by atoms with Gasteiger partial charge in [0.25, 0.3) is 0 Å². The van der Waals surface area contributed by atoms with Gasteiger partial charge in [0.05, 0.1) is 12.9 Å². The second kappa shape index (κ2) is 3.76. The van der Waals surface area contributed by atoms with Gasteiger partial charge in [0.15, 0.2) is 5.78 Å². The molecule has 0 saturated heterocycles. The van der Waals surface area contributed by atoms with E-state index in [-0.39, 0.29) is 5.41 Å². The smallest absolute Gasteiger partial charge is 0.165 e. The van der Waals surface area contributed by atoms with Crippen molar-refractivity contribution >= 4 is 5.78 Å². The molecule has 2 atom stereocenters. The van der Waals surface area contributed by atoms with Gasteiger partial charge in [-0.3, -0.25) is 4.79 Å². The maximum Gasteiger partial charge on any atom is 0.165 e. The summed E-state index contributed by atoms with van der Waals surface area (Å²) in [4.78, 5) is 11.9. The van der Waals surface area contributed by atoms with E-state index in [1.54, 1.807) is 12.3 Å². The number of carbonyl (C=O) groups excluding carboxylic acids is 1. The van der Waals surface area contributed by atoms with Gasteiger partial charge in [-0.2, -0.15) is 0 Å². The molecule has 2 saturated carbocycles. The summed E-state index contributed by atoms with van der Waals surface area (Å²) in [7, 11) is 0. The van der Waals surface area contributed by atoms with Gasteiger partial charge in [-0.15, -0.1) is 0 Å². The Morgan fingerprint density at radius 3 is 3.14 bits per heavy atom. The van der Waals surface area contributed by atoms with Crippen LogP contribution in [-0.2, 0) is 9.53 Å². The van der Waals surface area contributed by atoms with E-state index in [0.717, 1.165) is 12.8 Å². The predicted molar refractivity (Wildman–Crippen MR) is 54.8 cm³/mol. The molecule has 2 rings (SSSR count). The summed E-state index contributed by atoms with van der Waals surface area (Å²) in [5, 5.41) is 0. The Bertz CT molecular complexity index is 257. The van der Waals surface area contributed by atoms with Crippen LogP contribution >= 0.6 is 0 Å². The SMILES string of the molecule is CCO/C=C/C(=O)C12CCCCC1C2. The molecule has 0 aromatic rings. The molecule has 0 aromatic heterocycles. The van der Waals surface area contributed by atoms with E-state index >= 15 is 0 Å². The van der Waals surface area contributed by atoms with Gasteiger partial charge >= 0.3 is 0 Å². The minimum Gasteiger partial charge on any atom is -0.501 e. The number of carbonyl (C=O) groups is 1. The minimum atomic E-state index is 0.0475. The molecule has 0 N–H and O–H groups in total. The summed E-state index contributed by atoms with van der Waals surface area (Å²) in [6.07, 6.45) is 9.22. The van der Waals surface area contributed by atoms with Gasteiger partial charge in [0.1, 0.15) is 0 Å². The Balaban J connectivity index is 1.92. The van der Waals surface area contributed by atoms with Gasteiger partial charge in [-0.05, 0) is 32.1 Å². The predicted octanol–water partition coefficient (Wildman–Crippen LogP) is 2.69. The van der Waals surface area contributed by atoms with E-state index in [1.165, 1.54) is 19.3 Å². The van der Waals surface area contributed by atoms with Crippen molar-refractivity contribution in [2.45, 2.75) is 39.0 Å². The normalized spacial score (nSPS) is 35.4. The first-order chi connectivity index (χ1) is 6.79. The molecule has 2 aliphatic rings. The molecular formula is C12H18O2. The zero-order chi connectivity index (χ0) is 10.0. The van der Waals surface area contributed by atoms with E-state index in [4.69, 9.17) is 4.74 Å². The third kappa shape index (κ3) is 1.58. The van der Waals surface area contributed by atoms with Crippen LogP contribution in [0.3, 0.4) is 0 Å². The van der Waals surface area contributed by atoms with Crippen molar-refractivity contribution < 1.29 is 9.53 Å². The molecule has 2 nitrogen and oxygen atoms in total. The zero-order valence-electron chi connectivity index (χ0n) is 8.79. The van der Waals surface area contributed by atoms with E-state index in [2.05, 4.69) is 0 Å². The van der Waals surface area contributed by atoms with Crippen molar-refractivity contribution in [2.75, 3.05) is 6.61 Å². The molecule has 0 bridgehead atoms. The number of hydrogen-bond acceptors (Lipinski definition) is 2. The molecule has 2 aliphatic carbocycles. The Labute approximate surface area is 85.3 Å². The summed E-state index contributed by atoms with van der Waals surface area (Å²) in [6, 6.07) is 0. The van der Waals surface area contributed by atoms with Gasteiger partial charge in [-0.1, -0.05) is 12.8 Å². The summed E-state index contributed by atoms with van der Waals surface area (Å²) < 4.78 is 5.06. The Hall–Kier alpha value is -0.790. The van der Waals surface area contributed by atoms with E-state index < -0.39 is 0 Å². The number of rotatable bonds is 4. The van der Waals surface area contributed by atoms with Crippen LogP contribution in [0.25, 0.3) is 0 Å². The first kappa shape index (κ1) is 9.75. The molecule has 0 aliphatic heterocycles. The largest absolute Gasteiger partial charge is 0.501 e. The van der Waals surface area contributed by atoms with Crippen molar-refractivity contribution in [2.24, 2.45) is 11.3 Å². The van der Waals surface area contributed by atoms with Crippen LogP contribution in [0.2, 0.25) is 0 Å². The fraction of sp³-hybridized carbons (Fsp3) is 0.750. The standard InChI is InChI=1S/C12H18O2/c1-2-14-8-6-11(13)12-7-4-3-5-10(12)9-12/h6,8,10H,2-5,7,9H2,1H3/b8-6+. The van der Waals surface area contributed by atoms with Gasteiger partial charge in [0.2, 0.25) is 0 Å². The molecule has 2 unspecified atom stereocenters. The van der Waals surface area contributed by atoms with Crippen LogP contribution in [0.4, 0.5) is 0 Å². The first-order valence-corrected chi connectivity index (χ1v) is 5.62. The fourth-order valence-corrected chi connectivity index (χ4v) is 2.69.